The van der Waals surface area contributed by atoms with Crippen LogP contribution in [0.3, 0.4) is 0 Å². The van der Waals surface area contributed by atoms with Gasteiger partial charge < -0.3 is 19.1 Å². The van der Waals surface area contributed by atoms with Gasteiger partial charge in [0.25, 0.3) is 5.56 Å². The first-order chi connectivity index (χ1) is 12.5. The van der Waals surface area contributed by atoms with E-state index in [-0.39, 0.29) is 11.7 Å². The Hall–Kier alpha value is -2.24. The van der Waals surface area contributed by atoms with Gasteiger partial charge in [-0.05, 0) is 0 Å². The molecule has 3 N–H and O–H groups in total. The summed E-state index contributed by atoms with van der Waals surface area (Å²) in [7, 11) is 0. The Kier molecular flexibility index (Phi) is 5.69. The molecule has 1 aliphatic heterocycles. The van der Waals surface area contributed by atoms with Crippen molar-refractivity contribution in [2.75, 3.05) is 6.61 Å². The molecule has 1 aliphatic rings. The maximum Gasteiger partial charge on any atom is 0.330 e. The van der Waals surface area contributed by atoms with Crippen molar-refractivity contribution in [3.05, 3.63) is 69.0 Å². The Morgan fingerprint density at radius 1 is 1.19 bits per heavy atom. The van der Waals surface area contributed by atoms with Gasteiger partial charge in [0.2, 0.25) is 5.12 Å². The van der Waals surface area contributed by atoms with Gasteiger partial charge in [-0.1, -0.05) is 30.3 Å². The Morgan fingerprint density at radius 2 is 1.92 bits per heavy atom. The van der Waals surface area contributed by atoms with E-state index in [0.717, 1.165) is 10.6 Å². The number of nitrogens with one attached hydrogen (secondary N) is 1. The van der Waals surface area contributed by atoms with Gasteiger partial charge in [0, 0.05) is 17.8 Å². The molecule has 1 saturated heterocycles. The van der Waals surface area contributed by atoms with Crippen LogP contribution in [-0.2, 0) is 8.92 Å². The Morgan fingerprint density at radius 3 is 2.62 bits per heavy atom. The van der Waals surface area contributed by atoms with Crippen molar-refractivity contribution in [2.24, 2.45) is 0 Å². The van der Waals surface area contributed by atoms with Crippen LogP contribution in [0.15, 0.2) is 52.2 Å². The molecule has 1 fully saturated rings. The second kappa shape index (κ2) is 7.98. The van der Waals surface area contributed by atoms with Crippen LogP contribution in [-0.4, -0.2) is 49.8 Å². The van der Waals surface area contributed by atoms with Gasteiger partial charge in [0.05, 0.1) is 18.6 Å². The van der Waals surface area contributed by atoms with Crippen LogP contribution in [0.2, 0.25) is 0 Å². The van der Waals surface area contributed by atoms with Crippen molar-refractivity contribution in [1.29, 1.82) is 0 Å². The number of carbonyl (C=O) groups excluding carboxylic acids is 1. The van der Waals surface area contributed by atoms with Crippen molar-refractivity contribution in [2.45, 2.75) is 24.5 Å². The van der Waals surface area contributed by atoms with Crippen LogP contribution in [0.4, 0.5) is 0 Å². The topological polar surface area (TPSA) is 131 Å². The second-order valence-corrected chi connectivity index (χ2v) is 6.36. The minimum Gasteiger partial charge on any atom is -0.387 e. The number of H-pyrrole nitrogens is 1. The number of aromatic amines is 1. The molecule has 3 rings (SSSR count). The molecule has 2 heterocycles. The molecule has 1 aromatic carbocycles. The van der Waals surface area contributed by atoms with Crippen molar-refractivity contribution >= 4 is 17.2 Å². The van der Waals surface area contributed by atoms with Gasteiger partial charge >= 0.3 is 5.69 Å². The molecule has 1 aromatic heterocycles. The van der Waals surface area contributed by atoms with Crippen LogP contribution in [0.1, 0.15) is 16.6 Å². The molecular formula is C16H16N2O7S. The number of benzene rings is 1. The largest absolute Gasteiger partial charge is 0.387 e. The second-order valence-electron chi connectivity index (χ2n) is 5.59. The zero-order valence-electron chi connectivity index (χ0n) is 13.3. The highest BCUT2D eigenvalue weighted by molar-refractivity contribution is 8.10. The lowest BCUT2D eigenvalue weighted by molar-refractivity contribution is -0.0496. The van der Waals surface area contributed by atoms with E-state index in [1.54, 1.807) is 30.3 Å². The summed E-state index contributed by atoms with van der Waals surface area (Å²) in [5.41, 5.74) is -0.901. The number of ether oxygens (including phenoxy) is 1. The predicted octanol–water partition coefficient (Wildman–Crippen LogP) is -0.339. The minimum absolute atomic E-state index is 0.184. The Bertz CT molecular complexity index is 882. The molecule has 10 heteroatoms. The first-order valence-corrected chi connectivity index (χ1v) is 8.43. The fourth-order valence-corrected chi connectivity index (χ4v) is 3.04. The molecule has 9 nitrogen and oxygen atoms in total. The molecule has 0 spiro atoms. The average Bonchev–Trinajstić information content (AvgIpc) is 2.91. The van der Waals surface area contributed by atoms with Gasteiger partial charge in [-0.25, -0.2) is 4.79 Å². The van der Waals surface area contributed by atoms with Crippen LogP contribution < -0.4 is 11.2 Å². The number of rotatable bonds is 5. The molecule has 0 saturated carbocycles. The van der Waals surface area contributed by atoms with E-state index in [4.69, 9.17) is 8.92 Å². The number of hydrogen-bond acceptors (Lipinski definition) is 8. The summed E-state index contributed by atoms with van der Waals surface area (Å²) in [5, 5.41) is 19.9. The zero-order valence-corrected chi connectivity index (χ0v) is 14.2. The molecule has 0 bridgehead atoms. The van der Waals surface area contributed by atoms with Crippen molar-refractivity contribution in [3.8, 4) is 0 Å². The number of aromatic nitrogens is 2. The number of nitrogens with zero attached hydrogens (tertiary/aromatic N) is 1. The fraction of sp³-hybridized carbons (Fsp3) is 0.312. The summed E-state index contributed by atoms with van der Waals surface area (Å²) in [6.07, 6.45) is -3.70. The summed E-state index contributed by atoms with van der Waals surface area (Å²) in [4.78, 5) is 36.9. The highest BCUT2D eigenvalue weighted by atomic mass is 32.2. The van der Waals surface area contributed by atoms with Gasteiger partial charge in [-0.2, -0.15) is 0 Å². The lowest BCUT2D eigenvalue weighted by atomic mass is 10.1. The van der Waals surface area contributed by atoms with Gasteiger partial charge in [-0.15, -0.1) is 0 Å². The molecule has 138 valence electrons. The van der Waals surface area contributed by atoms with Crippen LogP contribution in [0, 0.1) is 0 Å². The summed E-state index contributed by atoms with van der Waals surface area (Å²) < 4.78 is 11.7. The molecule has 2 aromatic rings. The first-order valence-electron chi connectivity index (χ1n) is 7.69. The molecule has 4 atom stereocenters. The number of carbonyl (C=O) groups is 1. The molecule has 0 aliphatic carbocycles. The smallest absolute Gasteiger partial charge is 0.330 e. The molecule has 0 amide bonds. The van der Waals surface area contributed by atoms with Crippen LogP contribution in [0.5, 0.6) is 0 Å². The summed E-state index contributed by atoms with van der Waals surface area (Å²) in [6.45, 7) is -0.184. The number of aliphatic hydroxyl groups excluding tert-OH is 2. The SMILES string of the molecule is O=C(SOC[C@H]1O[C@@H](n2ccc(=O)[nH]c2=O)[C@H](O)[C@@H]1O)c1ccccc1. The van der Waals surface area contributed by atoms with E-state index in [1.165, 1.54) is 6.20 Å². The number of aliphatic hydroxyl groups is 2. The highest BCUT2D eigenvalue weighted by Gasteiger charge is 2.44. The third kappa shape index (κ3) is 3.94. The van der Waals surface area contributed by atoms with E-state index < -0.39 is 35.8 Å². The molecule has 26 heavy (non-hydrogen) atoms. The first kappa shape index (κ1) is 18.5. The van der Waals surface area contributed by atoms with Gasteiger partial charge in [0.15, 0.2) is 6.23 Å². The average molecular weight is 380 g/mol. The summed E-state index contributed by atoms with van der Waals surface area (Å²) in [6, 6.07) is 9.61. The Balaban J connectivity index is 1.60. The van der Waals surface area contributed by atoms with Crippen LogP contribution in [0.25, 0.3) is 0 Å². The lowest BCUT2D eigenvalue weighted by Crippen LogP contribution is -2.37. The molecule has 0 radical (unpaired) electrons. The fourth-order valence-electron chi connectivity index (χ4n) is 2.50. The molecule has 0 unspecified atom stereocenters. The number of hydrogen-bond donors (Lipinski definition) is 3. The van der Waals surface area contributed by atoms with E-state index in [9.17, 15) is 24.6 Å². The summed E-state index contributed by atoms with van der Waals surface area (Å²) in [5.74, 6) is 0. The minimum atomic E-state index is -1.40. The van der Waals surface area contributed by atoms with Gasteiger partial charge in [0.1, 0.15) is 18.3 Å². The molecular weight excluding hydrogens is 364 g/mol. The van der Waals surface area contributed by atoms with E-state index in [1.807, 2.05) is 4.98 Å². The quantitative estimate of drug-likeness (QED) is 0.601. The predicted molar refractivity (Wildman–Crippen MR) is 91.6 cm³/mol. The van der Waals surface area contributed by atoms with E-state index >= 15 is 0 Å². The normalized spacial score (nSPS) is 25.3. The van der Waals surface area contributed by atoms with Gasteiger partial charge in [-0.3, -0.25) is 19.1 Å². The monoisotopic (exact) mass is 380 g/mol. The maximum absolute atomic E-state index is 11.9. The standard InChI is InChI=1S/C16H16N2O7S/c19-11-6-7-18(16(23)17-11)14-13(21)12(20)10(25-14)8-24-26-15(22)9-4-2-1-3-5-9/h1-7,10,12-14,20-21H,8H2,(H,17,19,23)/t10-,12-,13-,14-/m1/s1. The third-order valence-corrected chi connectivity index (χ3v) is 4.48. The van der Waals surface area contributed by atoms with E-state index in [0.29, 0.717) is 17.6 Å². The lowest BCUT2D eigenvalue weighted by Gasteiger charge is -2.16. The third-order valence-electron chi connectivity index (χ3n) is 3.84. The highest BCUT2D eigenvalue weighted by Crippen LogP contribution is 2.29. The summed E-state index contributed by atoms with van der Waals surface area (Å²) >= 11 is 0.594. The van der Waals surface area contributed by atoms with Crippen molar-refractivity contribution in [3.63, 3.8) is 0 Å². The van der Waals surface area contributed by atoms with Crippen molar-refractivity contribution < 1.29 is 23.9 Å². The van der Waals surface area contributed by atoms with E-state index in [2.05, 4.69) is 0 Å². The van der Waals surface area contributed by atoms with Crippen molar-refractivity contribution in [1.82, 2.24) is 9.55 Å². The van der Waals surface area contributed by atoms with Crippen LogP contribution >= 0.6 is 12.0 Å². The Labute approximate surface area is 151 Å². The maximum atomic E-state index is 11.9. The zero-order chi connectivity index (χ0) is 18.7.